The van der Waals surface area contributed by atoms with Gasteiger partial charge in [0.1, 0.15) is 6.61 Å². The number of anilines is 1. The van der Waals surface area contributed by atoms with Crippen LogP contribution in [0.25, 0.3) is 22.1 Å². The normalized spacial score (nSPS) is 15.2. The molecule has 0 atom stereocenters. The van der Waals surface area contributed by atoms with Crippen molar-refractivity contribution in [2.24, 2.45) is 12.0 Å². The number of amides is 2. The van der Waals surface area contributed by atoms with Gasteiger partial charge in [-0.2, -0.15) is 4.99 Å². The molecule has 0 radical (unpaired) electrons. The lowest BCUT2D eigenvalue weighted by molar-refractivity contribution is -0.125. The summed E-state index contributed by atoms with van der Waals surface area (Å²) in [4.78, 5) is 38.8. The van der Waals surface area contributed by atoms with Crippen molar-refractivity contribution in [1.82, 2.24) is 19.1 Å². The van der Waals surface area contributed by atoms with Gasteiger partial charge in [0.25, 0.3) is 11.8 Å². The number of carbonyl (C=O) groups excluding carboxylic acids is 2. The fourth-order valence-electron chi connectivity index (χ4n) is 4.09. The zero-order valence-electron chi connectivity index (χ0n) is 18.2. The molecular formula is C23H24N6O4. The van der Waals surface area contributed by atoms with Crippen molar-refractivity contribution in [2.45, 2.75) is 13.0 Å². The van der Waals surface area contributed by atoms with Crippen molar-refractivity contribution in [3.05, 3.63) is 53.9 Å². The van der Waals surface area contributed by atoms with Gasteiger partial charge in [0.2, 0.25) is 5.62 Å². The second-order valence-corrected chi connectivity index (χ2v) is 7.95. The Balaban J connectivity index is 1.56. The number of nitrogens with one attached hydrogen (secondary N) is 1. The molecule has 1 fully saturated rings. The summed E-state index contributed by atoms with van der Waals surface area (Å²) in [6.45, 7) is 1.54. The molecule has 1 aliphatic rings. The number of rotatable bonds is 5. The fourth-order valence-corrected chi connectivity index (χ4v) is 4.09. The molecule has 5 rings (SSSR count). The molecule has 3 heterocycles. The average molecular weight is 448 g/mol. The maximum atomic E-state index is 13.0. The monoisotopic (exact) mass is 448 g/mol. The lowest BCUT2D eigenvalue weighted by Gasteiger charge is -2.26. The van der Waals surface area contributed by atoms with E-state index in [9.17, 15) is 14.7 Å². The zero-order chi connectivity index (χ0) is 22.9. The summed E-state index contributed by atoms with van der Waals surface area (Å²) in [5, 5.41) is 9.35. The molecule has 0 aliphatic carbocycles. The van der Waals surface area contributed by atoms with Crippen LogP contribution in [-0.2, 0) is 23.1 Å². The number of morpholine rings is 1. The van der Waals surface area contributed by atoms with Gasteiger partial charge in [-0.1, -0.05) is 0 Å². The molecule has 0 bridgehead atoms. The first-order valence-corrected chi connectivity index (χ1v) is 10.8. The molecule has 33 heavy (non-hydrogen) atoms. The summed E-state index contributed by atoms with van der Waals surface area (Å²) in [6, 6.07) is 10.9. The van der Waals surface area contributed by atoms with E-state index in [1.165, 1.54) is 0 Å². The molecule has 1 aliphatic heterocycles. The fraction of sp³-hybridized carbons (Fsp3) is 0.304. The van der Waals surface area contributed by atoms with Crippen LogP contribution in [0.5, 0.6) is 0 Å². The van der Waals surface area contributed by atoms with Crippen LogP contribution in [0, 0.1) is 0 Å². The number of H-pyrrole nitrogens is 1. The SMILES string of the molecule is Cn1cnc2cc(C(=O)/N=c3\[nH]c4cc(N5CCOCC5=O)ccc4n3CCCO)ccc21. The van der Waals surface area contributed by atoms with Crippen LogP contribution in [0.4, 0.5) is 5.69 Å². The number of aromatic amines is 1. The molecule has 2 N–H and O–H groups in total. The second kappa shape index (κ2) is 8.64. The van der Waals surface area contributed by atoms with Crippen molar-refractivity contribution in [2.75, 3.05) is 31.3 Å². The summed E-state index contributed by atoms with van der Waals surface area (Å²) >= 11 is 0. The number of hydrogen-bond donors (Lipinski definition) is 2. The maximum Gasteiger partial charge on any atom is 0.280 e. The number of benzene rings is 2. The van der Waals surface area contributed by atoms with Gasteiger partial charge in [0, 0.05) is 38.0 Å². The number of nitrogens with zero attached hydrogens (tertiary/aromatic N) is 5. The quantitative estimate of drug-likeness (QED) is 0.478. The Morgan fingerprint density at radius 3 is 2.91 bits per heavy atom. The highest BCUT2D eigenvalue weighted by atomic mass is 16.5. The molecule has 4 aromatic rings. The number of ether oxygens (including phenoxy) is 1. The smallest absolute Gasteiger partial charge is 0.280 e. The van der Waals surface area contributed by atoms with E-state index in [0.29, 0.717) is 37.3 Å². The summed E-state index contributed by atoms with van der Waals surface area (Å²) in [5.74, 6) is -0.485. The Labute approximate surface area is 188 Å². The minimum absolute atomic E-state index is 0.0176. The topological polar surface area (TPSA) is 118 Å². The van der Waals surface area contributed by atoms with Gasteiger partial charge < -0.3 is 28.9 Å². The highest BCUT2D eigenvalue weighted by Crippen LogP contribution is 2.22. The van der Waals surface area contributed by atoms with Crippen molar-refractivity contribution >= 4 is 39.6 Å². The largest absolute Gasteiger partial charge is 0.396 e. The minimum Gasteiger partial charge on any atom is -0.396 e. The Kier molecular flexibility index (Phi) is 5.53. The van der Waals surface area contributed by atoms with Gasteiger partial charge in [-0.25, -0.2) is 4.98 Å². The van der Waals surface area contributed by atoms with Gasteiger partial charge in [-0.05, 0) is 42.8 Å². The summed E-state index contributed by atoms with van der Waals surface area (Å²) in [6.07, 6.45) is 2.21. The first-order valence-electron chi connectivity index (χ1n) is 10.8. The molecule has 2 aromatic carbocycles. The third kappa shape index (κ3) is 3.94. The molecule has 10 heteroatoms. The van der Waals surface area contributed by atoms with Gasteiger partial charge in [-0.15, -0.1) is 0 Å². The Morgan fingerprint density at radius 2 is 2.09 bits per heavy atom. The van der Waals surface area contributed by atoms with Crippen LogP contribution in [0.3, 0.4) is 0 Å². The summed E-state index contributed by atoms with van der Waals surface area (Å²) in [5.41, 5.74) is 4.81. The molecule has 1 saturated heterocycles. The van der Waals surface area contributed by atoms with Gasteiger partial charge in [0.05, 0.1) is 35.0 Å². The first-order chi connectivity index (χ1) is 16.0. The predicted molar refractivity (Wildman–Crippen MR) is 122 cm³/mol. The number of aliphatic hydroxyl groups is 1. The van der Waals surface area contributed by atoms with Crippen molar-refractivity contribution in [3.8, 4) is 0 Å². The third-order valence-corrected chi connectivity index (χ3v) is 5.79. The van der Waals surface area contributed by atoms with E-state index < -0.39 is 5.91 Å². The van der Waals surface area contributed by atoms with E-state index in [0.717, 1.165) is 27.8 Å². The van der Waals surface area contributed by atoms with Crippen LogP contribution in [0.15, 0.2) is 47.7 Å². The van der Waals surface area contributed by atoms with E-state index in [1.54, 1.807) is 23.4 Å². The molecular weight excluding hydrogens is 424 g/mol. The zero-order valence-corrected chi connectivity index (χ0v) is 18.2. The number of hydrogen-bond acceptors (Lipinski definition) is 5. The number of carbonyl (C=O) groups is 2. The first kappa shape index (κ1) is 21.1. The average Bonchev–Trinajstić information content (AvgIpc) is 3.36. The minimum atomic E-state index is -0.393. The molecule has 0 saturated carbocycles. The van der Waals surface area contributed by atoms with E-state index in [1.807, 2.05) is 40.4 Å². The standard InChI is InChI=1S/C23H24N6O4/c1-27-14-24-17-11-15(3-5-19(17)27)22(32)26-23-25-18-12-16(28-8-10-33-13-21(28)31)4-6-20(18)29(23)7-2-9-30/h3-6,11-12,14,30H,2,7-10,13H2,1H3,(H,25,26,32). The van der Waals surface area contributed by atoms with Gasteiger partial charge in [0.15, 0.2) is 0 Å². The molecule has 0 unspecified atom stereocenters. The van der Waals surface area contributed by atoms with Crippen LogP contribution in [-0.4, -0.2) is 62.4 Å². The van der Waals surface area contributed by atoms with Crippen molar-refractivity contribution in [1.29, 1.82) is 0 Å². The third-order valence-electron chi connectivity index (χ3n) is 5.79. The van der Waals surface area contributed by atoms with Crippen LogP contribution >= 0.6 is 0 Å². The predicted octanol–water partition coefficient (Wildman–Crippen LogP) is 1.34. The number of aliphatic hydroxyl groups excluding tert-OH is 1. The number of fused-ring (bicyclic) bond motifs is 2. The van der Waals surface area contributed by atoms with E-state index in [2.05, 4.69) is 15.0 Å². The highest BCUT2D eigenvalue weighted by molar-refractivity contribution is 5.98. The lowest BCUT2D eigenvalue weighted by atomic mass is 10.2. The van der Waals surface area contributed by atoms with E-state index in [4.69, 9.17) is 4.74 Å². The molecule has 10 nitrogen and oxygen atoms in total. The van der Waals surface area contributed by atoms with Crippen molar-refractivity contribution < 1.29 is 19.4 Å². The van der Waals surface area contributed by atoms with Gasteiger partial charge in [-0.3, -0.25) is 9.59 Å². The second-order valence-electron chi connectivity index (χ2n) is 7.95. The maximum absolute atomic E-state index is 13.0. The molecule has 0 spiro atoms. The van der Waals surface area contributed by atoms with E-state index in [-0.39, 0.29) is 19.1 Å². The number of aromatic nitrogens is 4. The van der Waals surface area contributed by atoms with Crippen LogP contribution in [0.1, 0.15) is 16.8 Å². The Morgan fingerprint density at radius 1 is 1.24 bits per heavy atom. The van der Waals surface area contributed by atoms with Crippen LogP contribution in [0.2, 0.25) is 0 Å². The van der Waals surface area contributed by atoms with Crippen molar-refractivity contribution in [3.63, 3.8) is 0 Å². The number of imidazole rings is 2. The molecule has 2 amide bonds. The summed E-state index contributed by atoms with van der Waals surface area (Å²) in [7, 11) is 1.90. The highest BCUT2D eigenvalue weighted by Gasteiger charge is 2.21. The number of aryl methyl sites for hydroxylation is 2. The van der Waals surface area contributed by atoms with Crippen LogP contribution < -0.4 is 10.5 Å². The lowest BCUT2D eigenvalue weighted by Crippen LogP contribution is -2.41. The van der Waals surface area contributed by atoms with Gasteiger partial charge >= 0.3 is 0 Å². The Hall–Kier alpha value is -3.76. The molecule has 2 aromatic heterocycles. The summed E-state index contributed by atoms with van der Waals surface area (Å²) < 4.78 is 8.97. The van der Waals surface area contributed by atoms with E-state index >= 15 is 0 Å². The molecule has 170 valence electrons. The Bertz CT molecular complexity index is 1430.